The van der Waals surface area contributed by atoms with Crippen molar-refractivity contribution < 1.29 is 27.4 Å². The lowest BCUT2D eigenvalue weighted by Gasteiger charge is -2.12. The second-order valence-electron chi connectivity index (χ2n) is 6.62. The Kier molecular flexibility index (Phi) is 7.86. The molecule has 0 aromatic heterocycles. The van der Waals surface area contributed by atoms with Gasteiger partial charge in [0, 0.05) is 12.6 Å². The Labute approximate surface area is 171 Å². The van der Waals surface area contributed by atoms with Crippen LogP contribution in [0.2, 0.25) is 0 Å². The van der Waals surface area contributed by atoms with E-state index in [0.717, 1.165) is 0 Å². The minimum atomic E-state index is -3.57. The Hall–Kier alpha value is -2.78. The molecule has 0 aliphatic carbocycles. The summed E-state index contributed by atoms with van der Waals surface area (Å²) in [5.41, 5.74) is 0.486. The molecule has 0 bridgehead atoms. The molecule has 2 aromatic rings. The number of amides is 1. The number of carbonyl (C=O) groups is 1. The Morgan fingerprint density at radius 2 is 1.66 bits per heavy atom. The van der Waals surface area contributed by atoms with E-state index in [2.05, 4.69) is 10.0 Å². The van der Waals surface area contributed by atoms with E-state index in [-0.39, 0.29) is 23.3 Å². The van der Waals surface area contributed by atoms with E-state index in [1.807, 2.05) is 13.8 Å². The van der Waals surface area contributed by atoms with E-state index in [4.69, 9.17) is 14.2 Å². The largest absolute Gasteiger partial charge is 0.497 e. The molecule has 0 fully saturated rings. The van der Waals surface area contributed by atoms with Crippen LogP contribution in [0.25, 0.3) is 0 Å². The van der Waals surface area contributed by atoms with E-state index in [1.165, 1.54) is 38.5 Å². The van der Waals surface area contributed by atoms with Crippen molar-refractivity contribution in [3.05, 3.63) is 42.5 Å². The maximum absolute atomic E-state index is 12.2. The number of anilines is 1. The quantitative estimate of drug-likeness (QED) is 0.610. The minimum absolute atomic E-state index is 0.137. The summed E-state index contributed by atoms with van der Waals surface area (Å²) in [7, 11) is -0.534. The van der Waals surface area contributed by atoms with Gasteiger partial charge in [0.2, 0.25) is 10.0 Å². The average Bonchev–Trinajstić information content (AvgIpc) is 2.71. The van der Waals surface area contributed by atoms with Crippen LogP contribution in [0.3, 0.4) is 0 Å². The van der Waals surface area contributed by atoms with Crippen molar-refractivity contribution >= 4 is 21.6 Å². The summed E-state index contributed by atoms with van der Waals surface area (Å²) in [5.74, 6) is 1.26. The van der Waals surface area contributed by atoms with E-state index < -0.39 is 10.0 Å². The lowest BCUT2D eigenvalue weighted by molar-refractivity contribution is -0.118. The first-order valence-corrected chi connectivity index (χ1v) is 10.5. The number of methoxy groups -OCH3 is 2. The first-order valence-electron chi connectivity index (χ1n) is 8.99. The molecule has 0 atom stereocenters. The molecule has 0 saturated heterocycles. The van der Waals surface area contributed by atoms with Crippen molar-refractivity contribution in [1.29, 1.82) is 0 Å². The number of sulfonamides is 1. The standard InChI is InChI=1S/C20H26N2O6S/c1-14(2)12-21-29(24,25)17-8-5-15(6-9-17)28-13-20(23)22-18-10-7-16(26-3)11-19(18)27-4/h5-11,14,21H,12-13H2,1-4H3,(H,22,23). The Morgan fingerprint density at radius 1 is 1.00 bits per heavy atom. The Bertz CT molecular complexity index is 926. The molecule has 2 N–H and O–H groups in total. The fourth-order valence-electron chi connectivity index (χ4n) is 2.31. The van der Waals surface area contributed by atoms with Gasteiger partial charge in [0.05, 0.1) is 24.8 Å². The van der Waals surface area contributed by atoms with Crippen LogP contribution in [0, 0.1) is 5.92 Å². The van der Waals surface area contributed by atoms with Crippen LogP contribution < -0.4 is 24.2 Å². The number of hydrogen-bond acceptors (Lipinski definition) is 6. The van der Waals surface area contributed by atoms with E-state index in [9.17, 15) is 13.2 Å². The van der Waals surface area contributed by atoms with Gasteiger partial charge in [-0.2, -0.15) is 0 Å². The second kappa shape index (κ2) is 10.1. The normalized spacial score (nSPS) is 11.2. The molecule has 0 aliphatic rings. The topological polar surface area (TPSA) is 103 Å². The van der Waals surface area contributed by atoms with Crippen LogP contribution in [-0.4, -0.2) is 41.7 Å². The second-order valence-corrected chi connectivity index (χ2v) is 8.39. The molecule has 158 valence electrons. The SMILES string of the molecule is COc1ccc(NC(=O)COc2ccc(S(=O)(=O)NCC(C)C)cc2)c(OC)c1. The zero-order valence-corrected chi connectivity index (χ0v) is 17.7. The monoisotopic (exact) mass is 422 g/mol. The fraction of sp³-hybridized carbons (Fsp3) is 0.350. The maximum Gasteiger partial charge on any atom is 0.262 e. The van der Waals surface area contributed by atoms with Crippen LogP contribution in [0.5, 0.6) is 17.2 Å². The van der Waals surface area contributed by atoms with Crippen LogP contribution in [0.1, 0.15) is 13.8 Å². The highest BCUT2D eigenvalue weighted by Gasteiger charge is 2.14. The highest BCUT2D eigenvalue weighted by Crippen LogP contribution is 2.29. The van der Waals surface area contributed by atoms with Crippen LogP contribution in [0.4, 0.5) is 5.69 Å². The predicted octanol–water partition coefficient (Wildman–Crippen LogP) is 2.66. The van der Waals surface area contributed by atoms with Gasteiger partial charge in [-0.15, -0.1) is 0 Å². The van der Waals surface area contributed by atoms with Gasteiger partial charge < -0.3 is 19.5 Å². The van der Waals surface area contributed by atoms with Crippen molar-refractivity contribution in [3.8, 4) is 17.2 Å². The zero-order valence-electron chi connectivity index (χ0n) is 16.9. The lowest BCUT2D eigenvalue weighted by atomic mass is 10.2. The van der Waals surface area contributed by atoms with Gasteiger partial charge in [0.1, 0.15) is 17.2 Å². The molecule has 2 rings (SSSR count). The summed E-state index contributed by atoms with van der Waals surface area (Å²) in [6, 6.07) is 10.9. The van der Waals surface area contributed by atoms with Gasteiger partial charge in [-0.05, 0) is 42.3 Å². The third kappa shape index (κ3) is 6.65. The van der Waals surface area contributed by atoms with Gasteiger partial charge in [-0.1, -0.05) is 13.8 Å². The average molecular weight is 423 g/mol. The molecular weight excluding hydrogens is 396 g/mol. The first kappa shape index (κ1) is 22.5. The molecule has 2 aromatic carbocycles. The van der Waals surface area contributed by atoms with Crippen molar-refractivity contribution in [2.24, 2.45) is 5.92 Å². The summed E-state index contributed by atoms with van der Waals surface area (Å²) in [4.78, 5) is 12.3. The van der Waals surface area contributed by atoms with Crippen molar-refractivity contribution in [2.45, 2.75) is 18.7 Å². The summed E-state index contributed by atoms with van der Waals surface area (Å²) >= 11 is 0. The number of benzene rings is 2. The number of nitrogens with one attached hydrogen (secondary N) is 2. The number of hydrogen-bond donors (Lipinski definition) is 2. The highest BCUT2D eigenvalue weighted by atomic mass is 32.2. The molecule has 0 radical (unpaired) electrons. The summed E-state index contributed by atoms with van der Waals surface area (Å²) < 4.78 is 42.7. The first-order chi connectivity index (χ1) is 13.7. The molecule has 0 spiro atoms. The van der Waals surface area contributed by atoms with Gasteiger partial charge in [-0.25, -0.2) is 13.1 Å². The van der Waals surface area contributed by atoms with E-state index in [1.54, 1.807) is 18.2 Å². The third-order valence-electron chi connectivity index (χ3n) is 3.87. The lowest BCUT2D eigenvalue weighted by Crippen LogP contribution is -2.27. The smallest absolute Gasteiger partial charge is 0.262 e. The van der Waals surface area contributed by atoms with Crippen LogP contribution in [-0.2, 0) is 14.8 Å². The van der Waals surface area contributed by atoms with Gasteiger partial charge >= 0.3 is 0 Å². The fourth-order valence-corrected chi connectivity index (χ4v) is 3.53. The van der Waals surface area contributed by atoms with E-state index in [0.29, 0.717) is 29.5 Å². The summed E-state index contributed by atoms with van der Waals surface area (Å²) in [6.07, 6.45) is 0. The van der Waals surface area contributed by atoms with Crippen molar-refractivity contribution in [3.63, 3.8) is 0 Å². The van der Waals surface area contributed by atoms with Gasteiger partial charge in [0.25, 0.3) is 5.91 Å². The van der Waals surface area contributed by atoms with Crippen LogP contribution in [0.15, 0.2) is 47.4 Å². The summed E-state index contributed by atoms with van der Waals surface area (Å²) in [5, 5.41) is 2.70. The zero-order chi connectivity index (χ0) is 21.4. The molecule has 29 heavy (non-hydrogen) atoms. The molecular formula is C20H26N2O6S. The molecule has 0 unspecified atom stereocenters. The molecule has 0 heterocycles. The number of carbonyl (C=O) groups excluding carboxylic acids is 1. The number of ether oxygens (including phenoxy) is 3. The minimum Gasteiger partial charge on any atom is -0.497 e. The van der Waals surface area contributed by atoms with Gasteiger partial charge in [-0.3, -0.25) is 4.79 Å². The maximum atomic E-state index is 12.2. The highest BCUT2D eigenvalue weighted by molar-refractivity contribution is 7.89. The number of rotatable bonds is 10. The molecule has 9 heteroatoms. The van der Waals surface area contributed by atoms with Gasteiger partial charge in [0.15, 0.2) is 6.61 Å². The summed E-state index contributed by atoms with van der Waals surface area (Å²) in [6.45, 7) is 3.96. The predicted molar refractivity (Wildman–Crippen MR) is 110 cm³/mol. The molecule has 0 saturated carbocycles. The van der Waals surface area contributed by atoms with Crippen molar-refractivity contribution in [2.75, 3.05) is 32.7 Å². The third-order valence-corrected chi connectivity index (χ3v) is 5.31. The Morgan fingerprint density at radius 3 is 2.24 bits per heavy atom. The van der Waals surface area contributed by atoms with E-state index >= 15 is 0 Å². The molecule has 0 aliphatic heterocycles. The van der Waals surface area contributed by atoms with Crippen molar-refractivity contribution in [1.82, 2.24) is 4.72 Å². The molecule has 1 amide bonds. The Balaban J connectivity index is 1.94. The van der Waals surface area contributed by atoms with Crippen LogP contribution >= 0.6 is 0 Å². The molecule has 8 nitrogen and oxygen atoms in total.